The molecule has 3 nitrogen and oxygen atoms in total. The van der Waals surface area contributed by atoms with Gasteiger partial charge >= 0.3 is 8.56 Å². The van der Waals surface area contributed by atoms with Crippen LogP contribution in [0.25, 0.3) is 0 Å². The lowest BCUT2D eigenvalue weighted by molar-refractivity contribution is 0.329. The Hall–Kier alpha value is -2.99. The van der Waals surface area contributed by atoms with Crippen molar-refractivity contribution in [3.8, 4) is 17.2 Å². The third-order valence-electron chi connectivity index (χ3n) is 4.75. The lowest BCUT2D eigenvalue weighted by Gasteiger charge is -2.30. The van der Waals surface area contributed by atoms with Gasteiger partial charge < -0.3 is 13.6 Å². The van der Waals surface area contributed by atoms with E-state index in [4.69, 9.17) is 13.6 Å². The third kappa shape index (κ3) is 4.43. The number of thiol groups is 1. The molecule has 0 radical (unpaired) electrons. The molecule has 30 heavy (non-hydrogen) atoms. The normalized spacial score (nSPS) is 12.7. The van der Waals surface area contributed by atoms with E-state index in [2.05, 4.69) is 24.8 Å². The molecule has 0 saturated carbocycles. The van der Waals surface area contributed by atoms with E-state index in [1.807, 2.05) is 97.1 Å². The second kappa shape index (κ2) is 9.22. The van der Waals surface area contributed by atoms with Gasteiger partial charge in [0.2, 0.25) is 0 Å². The van der Waals surface area contributed by atoms with Crippen LogP contribution in [-0.2, 0) is 4.43 Å². The number of benzene rings is 4. The van der Waals surface area contributed by atoms with Crippen molar-refractivity contribution in [2.75, 3.05) is 7.11 Å². The van der Waals surface area contributed by atoms with E-state index in [0.717, 1.165) is 32.5 Å². The van der Waals surface area contributed by atoms with Crippen LogP contribution in [0.2, 0.25) is 0 Å². The molecule has 0 aromatic heterocycles. The standard InChI is InChI=1S/C25H22O3SSi/c1-26-30(24-10-6-3-7-11-24,28-22-8-4-2-5-9-22)25-18-14-21(15-19-25)27-20-12-16-23(29)17-13-20/h2-19,29H,1H3. The molecule has 0 bridgehead atoms. The van der Waals surface area contributed by atoms with E-state index < -0.39 is 8.56 Å². The van der Waals surface area contributed by atoms with E-state index >= 15 is 0 Å². The van der Waals surface area contributed by atoms with Gasteiger partial charge in [-0.3, -0.25) is 0 Å². The summed E-state index contributed by atoms with van der Waals surface area (Å²) in [5.41, 5.74) is 0. The number of hydrogen-bond acceptors (Lipinski definition) is 4. The topological polar surface area (TPSA) is 27.7 Å². The third-order valence-corrected chi connectivity index (χ3v) is 8.34. The molecule has 4 rings (SSSR count). The van der Waals surface area contributed by atoms with Gasteiger partial charge in [-0.15, -0.1) is 12.6 Å². The Balaban J connectivity index is 1.69. The minimum absolute atomic E-state index is 0.748. The molecule has 5 heteroatoms. The Bertz CT molecular complexity index is 1070. The Labute approximate surface area is 183 Å². The fourth-order valence-corrected chi connectivity index (χ4v) is 6.24. The van der Waals surface area contributed by atoms with Crippen LogP contribution in [-0.4, -0.2) is 15.7 Å². The monoisotopic (exact) mass is 430 g/mol. The minimum Gasteiger partial charge on any atom is -0.514 e. The van der Waals surface area contributed by atoms with Gasteiger partial charge in [0.15, 0.2) is 0 Å². The molecule has 0 N–H and O–H groups in total. The lowest BCUT2D eigenvalue weighted by Crippen LogP contribution is -2.65. The summed E-state index contributed by atoms with van der Waals surface area (Å²) in [4.78, 5) is 0.898. The molecule has 1 unspecified atom stereocenters. The SMILES string of the molecule is CO[Si](Oc1ccccc1)(c1ccccc1)c1ccc(Oc2ccc(S)cc2)cc1. The van der Waals surface area contributed by atoms with Crippen molar-refractivity contribution in [2.24, 2.45) is 0 Å². The summed E-state index contributed by atoms with van der Waals surface area (Å²) in [6.45, 7) is 0. The Kier molecular flexibility index (Phi) is 6.23. The molecular formula is C25H22O3SSi. The van der Waals surface area contributed by atoms with Crippen LogP contribution >= 0.6 is 12.6 Å². The number of rotatable bonds is 7. The van der Waals surface area contributed by atoms with Gasteiger partial charge in [-0.05, 0) is 48.5 Å². The highest BCUT2D eigenvalue weighted by Crippen LogP contribution is 2.23. The summed E-state index contributed by atoms with van der Waals surface area (Å²) in [6, 6.07) is 35.4. The Morgan fingerprint density at radius 3 is 1.63 bits per heavy atom. The van der Waals surface area contributed by atoms with Gasteiger partial charge in [0.05, 0.1) is 0 Å². The van der Waals surface area contributed by atoms with Crippen LogP contribution in [0.1, 0.15) is 0 Å². The van der Waals surface area contributed by atoms with Crippen LogP contribution < -0.4 is 19.5 Å². The quantitative estimate of drug-likeness (QED) is 0.328. The molecule has 0 saturated heterocycles. The number of hydrogen-bond donors (Lipinski definition) is 1. The number of para-hydroxylation sites is 1. The van der Waals surface area contributed by atoms with Gasteiger partial charge in [-0.25, -0.2) is 0 Å². The first-order valence-electron chi connectivity index (χ1n) is 9.62. The Morgan fingerprint density at radius 1 is 0.567 bits per heavy atom. The van der Waals surface area contributed by atoms with Gasteiger partial charge in [0.25, 0.3) is 0 Å². The largest absolute Gasteiger partial charge is 0.514 e. The molecule has 4 aromatic carbocycles. The molecule has 4 aromatic rings. The minimum atomic E-state index is -2.95. The van der Waals surface area contributed by atoms with Gasteiger partial charge in [0.1, 0.15) is 17.2 Å². The van der Waals surface area contributed by atoms with Crippen molar-refractivity contribution in [2.45, 2.75) is 4.90 Å². The van der Waals surface area contributed by atoms with Crippen LogP contribution in [0.3, 0.4) is 0 Å². The van der Waals surface area contributed by atoms with E-state index in [1.165, 1.54) is 0 Å². The maximum Gasteiger partial charge on any atom is 0.468 e. The highest BCUT2D eigenvalue weighted by atomic mass is 32.1. The van der Waals surface area contributed by atoms with Crippen LogP contribution in [0.5, 0.6) is 17.2 Å². The first-order chi connectivity index (χ1) is 14.7. The van der Waals surface area contributed by atoms with E-state index in [1.54, 1.807) is 7.11 Å². The van der Waals surface area contributed by atoms with E-state index in [-0.39, 0.29) is 0 Å². The first-order valence-corrected chi connectivity index (χ1v) is 11.9. The summed E-state index contributed by atoms with van der Waals surface area (Å²) in [5, 5.41) is 2.03. The van der Waals surface area contributed by atoms with Crippen LogP contribution in [0.15, 0.2) is 114 Å². The molecule has 0 aliphatic heterocycles. The average Bonchev–Trinajstić information content (AvgIpc) is 2.81. The molecule has 0 amide bonds. The highest BCUT2D eigenvalue weighted by molar-refractivity contribution is 7.80. The van der Waals surface area contributed by atoms with Crippen molar-refractivity contribution >= 4 is 31.6 Å². The first kappa shape index (κ1) is 20.3. The van der Waals surface area contributed by atoms with E-state index in [0.29, 0.717) is 0 Å². The lowest BCUT2D eigenvalue weighted by atomic mass is 10.3. The zero-order chi connectivity index (χ0) is 20.8. The summed E-state index contributed by atoms with van der Waals surface area (Å²) < 4.78 is 18.7. The van der Waals surface area contributed by atoms with Gasteiger partial charge in [-0.1, -0.05) is 60.7 Å². The molecule has 0 heterocycles. The van der Waals surface area contributed by atoms with Gasteiger partial charge in [-0.2, -0.15) is 0 Å². The van der Waals surface area contributed by atoms with Crippen molar-refractivity contribution < 1.29 is 13.6 Å². The zero-order valence-electron chi connectivity index (χ0n) is 16.6. The van der Waals surface area contributed by atoms with Crippen LogP contribution in [0.4, 0.5) is 0 Å². The average molecular weight is 431 g/mol. The maximum atomic E-state index is 6.56. The number of ether oxygens (including phenoxy) is 1. The molecule has 0 spiro atoms. The summed E-state index contributed by atoms with van der Waals surface area (Å²) in [7, 11) is -1.24. The van der Waals surface area contributed by atoms with Crippen molar-refractivity contribution in [1.82, 2.24) is 0 Å². The molecule has 150 valence electrons. The predicted octanol–water partition coefficient (Wildman–Crippen LogP) is 5.05. The fraction of sp³-hybridized carbons (Fsp3) is 0.0400. The molecule has 0 aliphatic carbocycles. The second-order valence-electron chi connectivity index (χ2n) is 6.72. The fourth-order valence-electron chi connectivity index (χ4n) is 3.27. The van der Waals surface area contributed by atoms with Gasteiger partial charge in [0, 0.05) is 22.4 Å². The predicted molar refractivity (Wildman–Crippen MR) is 126 cm³/mol. The van der Waals surface area contributed by atoms with Crippen molar-refractivity contribution in [1.29, 1.82) is 0 Å². The molecular weight excluding hydrogens is 408 g/mol. The molecule has 1 atom stereocenters. The molecule has 0 aliphatic rings. The summed E-state index contributed by atoms with van der Waals surface area (Å²) in [6.07, 6.45) is 0. The zero-order valence-corrected chi connectivity index (χ0v) is 18.5. The van der Waals surface area contributed by atoms with Crippen molar-refractivity contribution in [3.05, 3.63) is 109 Å². The summed E-state index contributed by atoms with van der Waals surface area (Å²) in [5.74, 6) is 2.29. The maximum absolute atomic E-state index is 6.56. The highest BCUT2D eigenvalue weighted by Gasteiger charge is 2.44. The van der Waals surface area contributed by atoms with Crippen LogP contribution in [0, 0.1) is 0 Å². The van der Waals surface area contributed by atoms with Crippen molar-refractivity contribution in [3.63, 3.8) is 0 Å². The summed E-state index contributed by atoms with van der Waals surface area (Å²) >= 11 is 4.31. The smallest absolute Gasteiger partial charge is 0.468 e. The Morgan fingerprint density at radius 2 is 1.07 bits per heavy atom. The molecule has 0 fully saturated rings. The van der Waals surface area contributed by atoms with E-state index in [9.17, 15) is 0 Å². The second-order valence-corrected chi connectivity index (χ2v) is 10.2.